The van der Waals surface area contributed by atoms with E-state index in [4.69, 9.17) is 16.3 Å². The van der Waals surface area contributed by atoms with E-state index in [1.54, 1.807) is 24.3 Å². The SMILES string of the molecule is CC[C@H](C)NC(=O)[C@@H](Cc1ccccc1)N(Cc1ccc(C)cc1)C(=O)CN(c1ccc(OC)c(Cl)c1)S(=O)(=O)c1ccc(C)cc1. The lowest BCUT2D eigenvalue weighted by atomic mass is 10.0. The van der Waals surface area contributed by atoms with Gasteiger partial charge in [-0.15, -0.1) is 0 Å². The van der Waals surface area contributed by atoms with Gasteiger partial charge < -0.3 is 15.0 Å². The van der Waals surface area contributed by atoms with Crippen LogP contribution in [0.4, 0.5) is 5.69 Å². The molecule has 2 atom stereocenters. The minimum absolute atomic E-state index is 0.0169. The van der Waals surface area contributed by atoms with Crippen LogP contribution in [0.15, 0.2) is 102 Å². The first kappa shape index (κ1) is 35.5. The van der Waals surface area contributed by atoms with Crippen LogP contribution in [0.5, 0.6) is 5.75 Å². The molecule has 0 aromatic heterocycles. The standard InChI is InChI=1S/C37H42ClN3O5S/c1-6-28(4)39-37(43)34(22-29-10-8-7-9-11-29)40(24-30-16-12-26(2)13-17-30)36(42)25-41(31-18-21-35(46-5)33(38)23-31)47(44,45)32-19-14-27(3)15-20-32/h7-21,23,28,34H,6,22,24-25H2,1-5H3,(H,39,43)/t28-,34+/m0/s1. The minimum atomic E-state index is -4.26. The Kier molecular flexibility index (Phi) is 12.1. The molecule has 8 nitrogen and oxygen atoms in total. The summed E-state index contributed by atoms with van der Waals surface area (Å²) < 4.78 is 34.8. The molecule has 0 fully saturated rings. The maximum atomic E-state index is 14.6. The zero-order valence-corrected chi connectivity index (χ0v) is 29.0. The van der Waals surface area contributed by atoms with Crippen molar-refractivity contribution in [2.24, 2.45) is 0 Å². The average Bonchev–Trinajstić information content (AvgIpc) is 3.06. The molecule has 0 aliphatic carbocycles. The molecule has 0 spiro atoms. The van der Waals surface area contributed by atoms with E-state index < -0.39 is 28.5 Å². The number of halogens is 1. The quantitative estimate of drug-likeness (QED) is 0.160. The lowest BCUT2D eigenvalue weighted by Crippen LogP contribution is -2.54. The molecule has 0 saturated heterocycles. The van der Waals surface area contributed by atoms with Crippen molar-refractivity contribution in [3.05, 3.63) is 124 Å². The van der Waals surface area contributed by atoms with Gasteiger partial charge in [0.05, 0.1) is 22.7 Å². The molecule has 0 aliphatic rings. The van der Waals surface area contributed by atoms with Crippen LogP contribution in [0.2, 0.25) is 5.02 Å². The van der Waals surface area contributed by atoms with Gasteiger partial charge in [0.1, 0.15) is 18.3 Å². The Morgan fingerprint density at radius 3 is 2.06 bits per heavy atom. The molecule has 47 heavy (non-hydrogen) atoms. The van der Waals surface area contributed by atoms with Gasteiger partial charge in [-0.25, -0.2) is 8.42 Å². The second-order valence-electron chi connectivity index (χ2n) is 11.7. The number of methoxy groups -OCH3 is 1. The van der Waals surface area contributed by atoms with Gasteiger partial charge >= 0.3 is 0 Å². The van der Waals surface area contributed by atoms with E-state index in [1.165, 1.54) is 30.2 Å². The highest BCUT2D eigenvalue weighted by atomic mass is 35.5. The maximum Gasteiger partial charge on any atom is 0.264 e. The Morgan fingerprint density at radius 2 is 1.49 bits per heavy atom. The van der Waals surface area contributed by atoms with Crippen molar-refractivity contribution in [3.63, 3.8) is 0 Å². The molecule has 10 heteroatoms. The van der Waals surface area contributed by atoms with Gasteiger partial charge in [0.25, 0.3) is 10.0 Å². The number of amides is 2. The highest BCUT2D eigenvalue weighted by Gasteiger charge is 2.35. The highest BCUT2D eigenvalue weighted by Crippen LogP contribution is 2.32. The third-order valence-electron chi connectivity index (χ3n) is 8.06. The molecule has 248 valence electrons. The van der Waals surface area contributed by atoms with E-state index in [0.29, 0.717) is 12.2 Å². The van der Waals surface area contributed by atoms with Crippen LogP contribution in [0.1, 0.15) is 42.5 Å². The summed E-state index contributed by atoms with van der Waals surface area (Å²) in [5, 5.41) is 3.24. The van der Waals surface area contributed by atoms with Gasteiger partial charge in [-0.2, -0.15) is 0 Å². The molecule has 4 aromatic rings. The van der Waals surface area contributed by atoms with Gasteiger partial charge in [-0.05, 0) is 68.7 Å². The number of benzene rings is 4. The second kappa shape index (κ2) is 16.0. The fourth-order valence-corrected chi connectivity index (χ4v) is 6.72. The third-order valence-corrected chi connectivity index (χ3v) is 10.1. The number of carbonyl (C=O) groups excluding carboxylic acids is 2. The molecule has 4 aromatic carbocycles. The first-order chi connectivity index (χ1) is 22.4. The topological polar surface area (TPSA) is 96.0 Å². The number of carbonyl (C=O) groups is 2. The Balaban J connectivity index is 1.83. The number of nitrogens with one attached hydrogen (secondary N) is 1. The Labute approximate surface area is 283 Å². The first-order valence-electron chi connectivity index (χ1n) is 15.5. The number of hydrogen-bond donors (Lipinski definition) is 1. The lowest BCUT2D eigenvalue weighted by molar-refractivity contribution is -0.140. The number of anilines is 1. The first-order valence-corrected chi connectivity index (χ1v) is 17.4. The van der Waals surface area contributed by atoms with Crippen molar-refractivity contribution in [1.82, 2.24) is 10.2 Å². The summed E-state index contributed by atoms with van der Waals surface area (Å²) in [6.45, 7) is 7.23. The predicted molar refractivity (Wildman–Crippen MR) is 187 cm³/mol. The van der Waals surface area contributed by atoms with Gasteiger partial charge in [-0.3, -0.25) is 13.9 Å². The highest BCUT2D eigenvalue weighted by molar-refractivity contribution is 7.92. The maximum absolute atomic E-state index is 14.6. The average molecular weight is 676 g/mol. The monoisotopic (exact) mass is 675 g/mol. The fourth-order valence-electron chi connectivity index (χ4n) is 5.06. The molecule has 2 amide bonds. The third kappa shape index (κ3) is 9.14. The van der Waals surface area contributed by atoms with Crippen molar-refractivity contribution < 1.29 is 22.7 Å². The Morgan fingerprint density at radius 1 is 0.872 bits per heavy atom. The van der Waals surface area contributed by atoms with E-state index in [-0.39, 0.29) is 40.5 Å². The zero-order chi connectivity index (χ0) is 34.1. The predicted octanol–water partition coefficient (Wildman–Crippen LogP) is 6.72. The molecule has 0 saturated carbocycles. The van der Waals surface area contributed by atoms with Crippen molar-refractivity contribution >= 4 is 39.1 Å². The van der Waals surface area contributed by atoms with Gasteiger partial charge in [0.2, 0.25) is 11.8 Å². The smallest absolute Gasteiger partial charge is 0.264 e. The van der Waals surface area contributed by atoms with Crippen LogP contribution >= 0.6 is 11.6 Å². The molecule has 4 rings (SSSR count). The molecule has 0 bridgehead atoms. The Hall–Kier alpha value is -4.34. The molecule has 0 heterocycles. The summed E-state index contributed by atoms with van der Waals surface area (Å²) in [6, 6.07) is 27.1. The van der Waals surface area contributed by atoms with Crippen LogP contribution in [-0.2, 0) is 32.6 Å². The Bertz CT molecular complexity index is 1760. The summed E-state index contributed by atoms with van der Waals surface area (Å²) >= 11 is 6.46. The van der Waals surface area contributed by atoms with E-state index in [0.717, 1.165) is 26.6 Å². The number of ether oxygens (including phenoxy) is 1. The summed E-state index contributed by atoms with van der Waals surface area (Å²) in [5.74, 6) is -0.502. The summed E-state index contributed by atoms with van der Waals surface area (Å²) in [4.78, 5) is 30.1. The number of rotatable bonds is 14. The second-order valence-corrected chi connectivity index (χ2v) is 13.9. The summed E-state index contributed by atoms with van der Waals surface area (Å²) in [6.07, 6.45) is 0.941. The number of aryl methyl sites for hydroxylation is 2. The molecule has 0 unspecified atom stereocenters. The molecule has 0 aliphatic heterocycles. The van der Waals surface area contributed by atoms with Crippen molar-refractivity contribution in [2.75, 3.05) is 18.0 Å². The number of nitrogens with zero attached hydrogens (tertiary/aromatic N) is 2. The van der Waals surface area contributed by atoms with Crippen LogP contribution in [-0.4, -0.2) is 50.9 Å². The van der Waals surface area contributed by atoms with Gasteiger partial charge in [0.15, 0.2) is 0 Å². The number of hydrogen-bond acceptors (Lipinski definition) is 5. The van der Waals surface area contributed by atoms with Gasteiger partial charge in [-0.1, -0.05) is 96.4 Å². The molecular weight excluding hydrogens is 634 g/mol. The summed E-state index contributed by atoms with van der Waals surface area (Å²) in [5.41, 5.74) is 3.79. The largest absolute Gasteiger partial charge is 0.495 e. The molecule has 1 N–H and O–H groups in total. The van der Waals surface area contributed by atoms with Gasteiger partial charge in [0, 0.05) is 19.0 Å². The fraction of sp³-hybridized carbons (Fsp3) is 0.297. The number of sulfonamides is 1. The van der Waals surface area contributed by atoms with E-state index in [2.05, 4.69) is 5.32 Å². The van der Waals surface area contributed by atoms with E-state index >= 15 is 0 Å². The van der Waals surface area contributed by atoms with Crippen molar-refractivity contribution in [3.8, 4) is 5.75 Å². The summed E-state index contributed by atoms with van der Waals surface area (Å²) in [7, 11) is -2.79. The molecule has 0 radical (unpaired) electrons. The van der Waals surface area contributed by atoms with Crippen LogP contribution in [0, 0.1) is 13.8 Å². The zero-order valence-electron chi connectivity index (χ0n) is 27.4. The lowest BCUT2D eigenvalue weighted by Gasteiger charge is -2.34. The van der Waals surface area contributed by atoms with E-state index in [9.17, 15) is 18.0 Å². The normalized spacial score (nSPS) is 12.6. The van der Waals surface area contributed by atoms with Crippen molar-refractivity contribution in [1.29, 1.82) is 0 Å². The van der Waals surface area contributed by atoms with Crippen LogP contribution < -0.4 is 14.4 Å². The van der Waals surface area contributed by atoms with E-state index in [1.807, 2.05) is 82.3 Å². The molecular formula is C37H42ClN3O5S. The van der Waals surface area contributed by atoms with Crippen LogP contribution in [0.3, 0.4) is 0 Å². The van der Waals surface area contributed by atoms with Crippen molar-refractivity contribution in [2.45, 2.75) is 64.1 Å². The minimum Gasteiger partial charge on any atom is -0.495 e. The van der Waals surface area contributed by atoms with Crippen LogP contribution in [0.25, 0.3) is 0 Å².